The summed E-state index contributed by atoms with van der Waals surface area (Å²) in [5.74, 6) is 0.127. The molecule has 0 saturated heterocycles. The second-order valence-corrected chi connectivity index (χ2v) is 6.40. The fraction of sp³-hybridized carbons (Fsp3) is 0.333. The van der Waals surface area contributed by atoms with E-state index in [1.54, 1.807) is 19.2 Å². The average molecular weight is 331 g/mol. The highest BCUT2D eigenvalue weighted by molar-refractivity contribution is 5.86. The Kier molecular flexibility index (Phi) is 3.20. The van der Waals surface area contributed by atoms with Crippen LogP contribution in [-0.2, 0) is 13.2 Å². The Morgan fingerprint density at radius 2 is 1.79 bits per heavy atom. The van der Waals surface area contributed by atoms with Gasteiger partial charge in [-0.3, -0.25) is 4.68 Å². The van der Waals surface area contributed by atoms with Gasteiger partial charge in [-0.2, -0.15) is 18.3 Å². The molecule has 1 aliphatic carbocycles. The van der Waals surface area contributed by atoms with Crippen molar-refractivity contribution in [3.63, 3.8) is 0 Å². The van der Waals surface area contributed by atoms with Gasteiger partial charge >= 0.3 is 6.18 Å². The van der Waals surface area contributed by atoms with Crippen LogP contribution in [0.4, 0.5) is 13.2 Å². The van der Waals surface area contributed by atoms with Crippen LogP contribution in [0, 0.1) is 6.92 Å². The van der Waals surface area contributed by atoms with E-state index in [0.717, 1.165) is 24.5 Å². The first kappa shape index (κ1) is 15.2. The smallest absolute Gasteiger partial charge is 0.250 e. The summed E-state index contributed by atoms with van der Waals surface area (Å²) in [6, 6.07) is 8.48. The third kappa shape index (κ3) is 2.46. The van der Waals surface area contributed by atoms with Gasteiger partial charge in [-0.25, -0.2) is 4.98 Å². The Bertz CT molecular complexity index is 919. The number of alkyl halides is 3. The van der Waals surface area contributed by atoms with Gasteiger partial charge in [-0.05, 0) is 25.8 Å². The first-order chi connectivity index (χ1) is 11.3. The molecule has 1 fully saturated rings. The molecule has 24 heavy (non-hydrogen) atoms. The van der Waals surface area contributed by atoms with E-state index in [2.05, 4.69) is 10.1 Å². The molecule has 0 radical (unpaired) electrons. The number of halogens is 3. The van der Waals surface area contributed by atoms with Gasteiger partial charge in [-0.1, -0.05) is 29.8 Å². The van der Waals surface area contributed by atoms with Crippen LogP contribution in [-0.4, -0.2) is 14.8 Å². The normalized spacial score (nSPS) is 15.2. The number of fused-ring (bicyclic) bond motifs is 1. The van der Waals surface area contributed by atoms with Crippen LogP contribution < -0.4 is 0 Å². The van der Waals surface area contributed by atoms with Crippen molar-refractivity contribution in [2.75, 3.05) is 0 Å². The van der Waals surface area contributed by atoms with E-state index < -0.39 is 11.7 Å². The predicted molar refractivity (Wildman–Crippen MR) is 85.7 cm³/mol. The topological polar surface area (TPSA) is 30.7 Å². The monoisotopic (exact) mass is 331 g/mol. The summed E-state index contributed by atoms with van der Waals surface area (Å²) in [6.07, 6.45) is -2.65. The Morgan fingerprint density at radius 3 is 2.38 bits per heavy atom. The highest BCUT2D eigenvalue weighted by Crippen LogP contribution is 2.46. The van der Waals surface area contributed by atoms with Crippen LogP contribution in [0.25, 0.3) is 22.3 Å². The van der Waals surface area contributed by atoms with E-state index in [0.29, 0.717) is 22.6 Å². The lowest BCUT2D eigenvalue weighted by molar-refractivity contribution is -0.136. The molecule has 0 spiro atoms. The first-order valence-electron chi connectivity index (χ1n) is 7.86. The zero-order valence-corrected chi connectivity index (χ0v) is 13.4. The molecule has 3 aromatic rings. The molecule has 2 aromatic heterocycles. The van der Waals surface area contributed by atoms with Crippen LogP contribution in [0.2, 0.25) is 0 Å². The number of aromatic nitrogens is 3. The zero-order chi connectivity index (χ0) is 17.1. The number of benzene rings is 1. The maximum absolute atomic E-state index is 13.7. The molecular formula is C18H16F3N3. The van der Waals surface area contributed by atoms with Gasteiger partial charge in [0.1, 0.15) is 0 Å². The molecule has 0 bridgehead atoms. The SMILES string of the molecule is Cc1ccc(-c2cc(C(F)(F)F)c3c(C4CC4)nn(C)c3n2)cc1. The van der Waals surface area contributed by atoms with E-state index in [1.165, 1.54) is 4.68 Å². The van der Waals surface area contributed by atoms with Gasteiger partial charge in [0, 0.05) is 18.5 Å². The third-order valence-corrected chi connectivity index (χ3v) is 4.44. The van der Waals surface area contributed by atoms with E-state index in [4.69, 9.17) is 0 Å². The summed E-state index contributed by atoms with van der Waals surface area (Å²) >= 11 is 0. The first-order valence-corrected chi connectivity index (χ1v) is 7.86. The molecule has 0 unspecified atom stereocenters. The molecule has 1 aliphatic rings. The Hall–Kier alpha value is -2.37. The Balaban J connectivity index is 2.01. The summed E-state index contributed by atoms with van der Waals surface area (Å²) in [5.41, 5.74) is 2.22. The van der Waals surface area contributed by atoms with Crippen molar-refractivity contribution in [3.05, 3.63) is 47.2 Å². The van der Waals surface area contributed by atoms with Crippen molar-refractivity contribution >= 4 is 11.0 Å². The van der Waals surface area contributed by atoms with Crippen LogP contribution in [0.1, 0.15) is 35.6 Å². The van der Waals surface area contributed by atoms with E-state index in [1.807, 2.05) is 19.1 Å². The second-order valence-electron chi connectivity index (χ2n) is 6.40. The maximum atomic E-state index is 13.7. The fourth-order valence-electron chi connectivity index (χ4n) is 3.02. The summed E-state index contributed by atoms with van der Waals surface area (Å²) in [4.78, 5) is 4.48. The summed E-state index contributed by atoms with van der Waals surface area (Å²) < 4.78 is 42.5. The Morgan fingerprint density at radius 1 is 1.12 bits per heavy atom. The predicted octanol–water partition coefficient (Wildman–Crippen LogP) is 4.84. The van der Waals surface area contributed by atoms with Crippen molar-refractivity contribution in [3.8, 4) is 11.3 Å². The van der Waals surface area contributed by atoms with Crippen LogP contribution >= 0.6 is 0 Å². The van der Waals surface area contributed by atoms with Gasteiger partial charge in [0.15, 0.2) is 5.65 Å². The van der Waals surface area contributed by atoms with E-state index >= 15 is 0 Å². The number of rotatable bonds is 2. The molecule has 1 aromatic carbocycles. The van der Waals surface area contributed by atoms with Crippen molar-refractivity contribution in [1.82, 2.24) is 14.8 Å². The molecule has 1 saturated carbocycles. The minimum Gasteiger partial charge on any atom is -0.250 e. The number of hydrogen-bond acceptors (Lipinski definition) is 2. The van der Waals surface area contributed by atoms with Gasteiger partial charge in [0.25, 0.3) is 0 Å². The minimum absolute atomic E-state index is 0.127. The average Bonchev–Trinajstić information content (AvgIpc) is 3.31. The molecule has 0 atom stereocenters. The lowest BCUT2D eigenvalue weighted by Gasteiger charge is -2.12. The number of hydrogen-bond donors (Lipinski definition) is 0. The summed E-state index contributed by atoms with van der Waals surface area (Å²) in [6.45, 7) is 1.94. The maximum Gasteiger partial charge on any atom is 0.417 e. The van der Waals surface area contributed by atoms with E-state index in [9.17, 15) is 13.2 Å². The molecule has 0 aliphatic heterocycles. The zero-order valence-electron chi connectivity index (χ0n) is 13.4. The Labute approximate surface area is 137 Å². The van der Waals surface area contributed by atoms with Crippen molar-refractivity contribution in [1.29, 1.82) is 0 Å². The van der Waals surface area contributed by atoms with Crippen molar-refractivity contribution in [2.45, 2.75) is 31.9 Å². The fourth-order valence-corrected chi connectivity index (χ4v) is 3.02. The highest BCUT2D eigenvalue weighted by Gasteiger charge is 2.39. The van der Waals surface area contributed by atoms with Crippen molar-refractivity contribution in [2.24, 2.45) is 7.05 Å². The molecule has 0 amide bonds. The molecule has 0 N–H and O–H groups in total. The minimum atomic E-state index is -4.44. The number of pyridine rings is 1. The lowest BCUT2D eigenvalue weighted by Crippen LogP contribution is -2.08. The van der Waals surface area contributed by atoms with Crippen LogP contribution in [0.3, 0.4) is 0 Å². The van der Waals surface area contributed by atoms with Crippen LogP contribution in [0.15, 0.2) is 30.3 Å². The quantitative estimate of drug-likeness (QED) is 0.673. The number of nitrogens with zero attached hydrogens (tertiary/aromatic N) is 3. The largest absolute Gasteiger partial charge is 0.417 e. The summed E-state index contributed by atoms with van der Waals surface area (Å²) in [5, 5.41) is 4.48. The lowest BCUT2D eigenvalue weighted by atomic mass is 10.0. The van der Waals surface area contributed by atoms with Gasteiger partial charge < -0.3 is 0 Å². The molecule has 4 rings (SSSR count). The molecule has 124 valence electrons. The van der Waals surface area contributed by atoms with Crippen molar-refractivity contribution < 1.29 is 13.2 Å². The van der Waals surface area contributed by atoms with Crippen LogP contribution in [0.5, 0.6) is 0 Å². The van der Waals surface area contributed by atoms with Gasteiger partial charge in [0.05, 0.1) is 22.3 Å². The molecule has 3 nitrogen and oxygen atoms in total. The third-order valence-electron chi connectivity index (χ3n) is 4.44. The summed E-state index contributed by atoms with van der Waals surface area (Å²) in [7, 11) is 1.65. The highest BCUT2D eigenvalue weighted by atomic mass is 19.4. The van der Waals surface area contributed by atoms with Gasteiger partial charge in [-0.15, -0.1) is 0 Å². The molecule has 6 heteroatoms. The molecule has 2 heterocycles. The second kappa shape index (κ2) is 5.06. The van der Waals surface area contributed by atoms with E-state index in [-0.39, 0.29) is 11.3 Å². The van der Waals surface area contributed by atoms with Gasteiger partial charge in [0.2, 0.25) is 0 Å². The number of aryl methyl sites for hydroxylation is 2. The molecular weight excluding hydrogens is 315 g/mol. The standard InChI is InChI=1S/C18H16F3N3/c1-10-3-5-11(6-4-10)14-9-13(18(19,20)21)15-16(12-7-8-12)23-24(2)17(15)22-14/h3-6,9,12H,7-8H2,1-2H3.